The third-order valence-electron chi connectivity index (χ3n) is 5.26. The van der Waals surface area contributed by atoms with Crippen LogP contribution in [0.25, 0.3) is 0 Å². The van der Waals surface area contributed by atoms with Crippen molar-refractivity contribution in [1.29, 1.82) is 0 Å². The lowest BCUT2D eigenvalue weighted by Gasteiger charge is -2.33. The number of nitrogens with one attached hydrogen (secondary N) is 2. The lowest BCUT2D eigenvalue weighted by molar-refractivity contribution is 0.136. The van der Waals surface area contributed by atoms with E-state index in [1.165, 1.54) is 0 Å². The average molecular weight is 345 g/mol. The number of aliphatic hydroxyl groups is 1. The minimum atomic E-state index is -0.173. The predicted molar refractivity (Wildman–Crippen MR) is 102 cm³/mol. The summed E-state index contributed by atoms with van der Waals surface area (Å²) in [6.45, 7) is 5.67. The summed E-state index contributed by atoms with van der Waals surface area (Å²) in [5, 5.41) is 16.9. The number of hydrogen-bond donors (Lipinski definition) is 3. The van der Waals surface area contributed by atoms with Crippen LogP contribution in [0.3, 0.4) is 0 Å². The minimum absolute atomic E-state index is 0.173. The summed E-state index contributed by atoms with van der Waals surface area (Å²) < 4.78 is 0. The van der Waals surface area contributed by atoms with Crippen LogP contribution in [0.2, 0.25) is 0 Å². The Hall–Kier alpha value is -1.82. The summed E-state index contributed by atoms with van der Waals surface area (Å²) in [5.74, 6) is 2.27. The molecule has 0 radical (unpaired) electrons. The van der Waals surface area contributed by atoms with Crippen molar-refractivity contribution >= 4 is 11.8 Å². The van der Waals surface area contributed by atoms with Gasteiger partial charge in [0.1, 0.15) is 5.82 Å². The first-order valence-corrected chi connectivity index (χ1v) is 9.65. The van der Waals surface area contributed by atoms with Gasteiger partial charge < -0.3 is 20.6 Å². The van der Waals surface area contributed by atoms with E-state index < -0.39 is 0 Å². The summed E-state index contributed by atoms with van der Waals surface area (Å²) in [6.07, 6.45) is 6.97. The molecule has 0 aromatic carbocycles. The molecule has 6 nitrogen and oxygen atoms in total. The molecule has 1 aliphatic carbocycles. The summed E-state index contributed by atoms with van der Waals surface area (Å²) in [4.78, 5) is 11.5. The SMILES string of the molecule is CCNC(=NCC1CCCC1O)NC1CCN(c2ccccn2)CC1. The van der Waals surface area contributed by atoms with Crippen LogP contribution in [0, 0.1) is 5.92 Å². The normalized spacial score (nSPS) is 25.2. The molecule has 6 heteroatoms. The number of pyridine rings is 1. The Morgan fingerprint density at radius 1 is 1.28 bits per heavy atom. The maximum Gasteiger partial charge on any atom is 0.191 e. The van der Waals surface area contributed by atoms with Crippen LogP contribution in [0.1, 0.15) is 39.0 Å². The predicted octanol–water partition coefficient (Wildman–Crippen LogP) is 1.77. The van der Waals surface area contributed by atoms with Crippen molar-refractivity contribution in [3.8, 4) is 0 Å². The van der Waals surface area contributed by atoms with Gasteiger partial charge in [-0.25, -0.2) is 4.98 Å². The van der Waals surface area contributed by atoms with Crippen LogP contribution in [0.4, 0.5) is 5.82 Å². The average Bonchev–Trinajstić information content (AvgIpc) is 3.06. The molecule has 138 valence electrons. The van der Waals surface area contributed by atoms with Crippen molar-refractivity contribution < 1.29 is 5.11 Å². The van der Waals surface area contributed by atoms with Gasteiger partial charge in [-0.05, 0) is 44.7 Å². The van der Waals surface area contributed by atoms with Gasteiger partial charge in [0.05, 0.1) is 6.10 Å². The molecule has 2 unspecified atom stereocenters. The maximum absolute atomic E-state index is 9.97. The van der Waals surface area contributed by atoms with Gasteiger partial charge in [-0.3, -0.25) is 4.99 Å². The van der Waals surface area contributed by atoms with Crippen molar-refractivity contribution in [3.05, 3.63) is 24.4 Å². The molecule has 2 atom stereocenters. The van der Waals surface area contributed by atoms with Gasteiger partial charge in [0.15, 0.2) is 5.96 Å². The van der Waals surface area contributed by atoms with Crippen LogP contribution in [0.15, 0.2) is 29.4 Å². The van der Waals surface area contributed by atoms with Gasteiger partial charge in [0.2, 0.25) is 0 Å². The molecule has 2 heterocycles. The highest BCUT2D eigenvalue weighted by Gasteiger charge is 2.25. The van der Waals surface area contributed by atoms with Gasteiger partial charge in [-0.1, -0.05) is 12.5 Å². The van der Waals surface area contributed by atoms with Crippen molar-refractivity contribution in [3.63, 3.8) is 0 Å². The van der Waals surface area contributed by atoms with Crippen molar-refractivity contribution in [1.82, 2.24) is 15.6 Å². The zero-order valence-electron chi connectivity index (χ0n) is 15.2. The molecule has 2 fully saturated rings. The second-order valence-corrected chi connectivity index (χ2v) is 7.07. The molecule has 1 aromatic rings. The molecule has 0 amide bonds. The molecule has 1 aromatic heterocycles. The van der Waals surface area contributed by atoms with E-state index >= 15 is 0 Å². The highest BCUT2D eigenvalue weighted by atomic mass is 16.3. The number of hydrogen-bond acceptors (Lipinski definition) is 4. The van der Waals surface area contributed by atoms with Gasteiger partial charge in [-0.15, -0.1) is 0 Å². The Labute approximate surface area is 150 Å². The van der Waals surface area contributed by atoms with E-state index in [-0.39, 0.29) is 6.10 Å². The Balaban J connectivity index is 1.49. The van der Waals surface area contributed by atoms with E-state index in [0.29, 0.717) is 18.5 Å². The summed E-state index contributed by atoms with van der Waals surface area (Å²) in [5.41, 5.74) is 0. The molecule has 1 saturated heterocycles. The van der Waals surface area contributed by atoms with Crippen molar-refractivity contribution in [2.24, 2.45) is 10.9 Å². The molecule has 0 spiro atoms. The van der Waals surface area contributed by atoms with Crippen LogP contribution >= 0.6 is 0 Å². The van der Waals surface area contributed by atoms with Crippen LogP contribution in [-0.4, -0.2) is 54.4 Å². The highest BCUT2D eigenvalue weighted by molar-refractivity contribution is 5.80. The number of aliphatic imine (C=N–C) groups is 1. The second kappa shape index (κ2) is 9.04. The molecule has 0 bridgehead atoms. The molecule has 1 aliphatic heterocycles. The second-order valence-electron chi connectivity index (χ2n) is 7.07. The summed E-state index contributed by atoms with van der Waals surface area (Å²) >= 11 is 0. The zero-order valence-corrected chi connectivity index (χ0v) is 15.2. The number of nitrogens with zero attached hydrogens (tertiary/aromatic N) is 3. The molecule has 3 rings (SSSR count). The third kappa shape index (κ3) is 5.08. The Morgan fingerprint density at radius 3 is 2.76 bits per heavy atom. The van der Waals surface area contributed by atoms with E-state index in [1.807, 2.05) is 18.3 Å². The molecular weight excluding hydrogens is 314 g/mol. The van der Waals surface area contributed by atoms with E-state index in [0.717, 1.165) is 63.5 Å². The van der Waals surface area contributed by atoms with Crippen molar-refractivity contribution in [2.75, 3.05) is 31.1 Å². The Kier molecular flexibility index (Phi) is 6.50. The van der Waals surface area contributed by atoms with Crippen LogP contribution in [-0.2, 0) is 0 Å². The van der Waals surface area contributed by atoms with Crippen molar-refractivity contribution in [2.45, 2.75) is 51.2 Å². The van der Waals surface area contributed by atoms with Crippen LogP contribution in [0.5, 0.6) is 0 Å². The molecule has 1 saturated carbocycles. The van der Waals surface area contributed by atoms with E-state index in [4.69, 9.17) is 4.99 Å². The molecule has 25 heavy (non-hydrogen) atoms. The molecular formula is C19H31N5O. The fourth-order valence-electron chi connectivity index (χ4n) is 3.75. The standard InChI is InChI=1S/C19H31N5O/c1-2-20-19(22-14-15-6-5-7-17(15)25)23-16-9-12-24(13-10-16)18-8-3-4-11-21-18/h3-4,8,11,15-17,25H,2,5-7,9-10,12-14H2,1H3,(H2,20,22,23). The summed E-state index contributed by atoms with van der Waals surface area (Å²) in [6, 6.07) is 6.51. The monoisotopic (exact) mass is 345 g/mol. The first-order valence-electron chi connectivity index (χ1n) is 9.65. The first-order chi connectivity index (χ1) is 12.3. The fraction of sp³-hybridized carbons (Fsp3) is 0.684. The fourth-order valence-corrected chi connectivity index (χ4v) is 3.75. The maximum atomic E-state index is 9.97. The van der Waals surface area contributed by atoms with Gasteiger partial charge in [0, 0.05) is 44.3 Å². The molecule has 2 aliphatic rings. The number of anilines is 1. The summed E-state index contributed by atoms with van der Waals surface area (Å²) in [7, 11) is 0. The Morgan fingerprint density at radius 2 is 2.12 bits per heavy atom. The quantitative estimate of drug-likeness (QED) is 0.560. The number of aromatic nitrogens is 1. The largest absolute Gasteiger partial charge is 0.393 e. The molecule has 3 N–H and O–H groups in total. The van der Waals surface area contributed by atoms with Gasteiger partial charge in [-0.2, -0.15) is 0 Å². The van der Waals surface area contributed by atoms with E-state index in [9.17, 15) is 5.11 Å². The minimum Gasteiger partial charge on any atom is -0.393 e. The van der Waals surface area contributed by atoms with Gasteiger partial charge >= 0.3 is 0 Å². The number of aliphatic hydroxyl groups excluding tert-OH is 1. The highest BCUT2D eigenvalue weighted by Crippen LogP contribution is 2.25. The van der Waals surface area contributed by atoms with E-state index in [2.05, 4.69) is 33.5 Å². The zero-order chi connectivity index (χ0) is 17.5. The first kappa shape index (κ1) is 18.0. The van der Waals surface area contributed by atoms with Crippen LogP contribution < -0.4 is 15.5 Å². The number of guanidine groups is 1. The topological polar surface area (TPSA) is 72.8 Å². The smallest absolute Gasteiger partial charge is 0.191 e. The van der Waals surface area contributed by atoms with E-state index in [1.54, 1.807) is 0 Å². The lowest BCUT2D eigenvalue weighted by Crippen LogP contribution is -2.49. The lowest BCUT2D eigenvalue weighted by atomic mass is 10.1. The Bertz CT molecular complexity index is 542. The number of piperidine rings is 1. The van der Waals surface area contributed by atoms with Gasteiger partial charge in [0.25, 0.3) is 0 Å². The number of rotatable bonds is 5. The third-order valence-corrected chi connectivity index (χ3v) is 5.26.